The largest absolute Gasteiger partial charge is 0.281 e. The molecule has 0 radical (unpaired) electrons. The molecule has 1 nitrogen and oxygen atoms in total. The van der Waals surface area contributed by atoms with Gasteiger partial charge < -0.3 is 0 Å². The Bertz CT molecular complexity index is 468. The first-order valence-corrected chi connectivity index (χ1v) is 15.6. The number of hydrogen-bond acceptors (Lipinski definition) is 3. The van der Waals surface area contributed by atoms with Crippen LogP contribution in [0.25, 0.3) is 0 Å². The monoisotopic (exact) mass is 431 g/mol. The predicted molar refractivity (Wildman–Crippen MR) is 133 cm³/mol. The zero-order valence-corrected chi connectivity index (χ0v) is 20.5. The van der Waals surface area contributed by atoms with Crippen molar-refractivity contribution in [3.8, 4) is 0 Å². The van der Waals surface area contributed by atoms with Gasteiger partial charge in [0.05, 0.1) is 5.04 Å². The molecule has 0 N–H and O–H groups in total. The zero-order valence-electron chi connectivity index (χ0n) is 18.0. The second-order valence-corrected chi connectivity index (χ2v) is 14.5. The van der Waals surface area contributed by atoms with Crippen LogP contribution in [0.1, 0.15) is 129 Å². The molecule has 0 aromatic heterocycles. The van der Waals surface area contributed by atoms with E-state index in [9.17, 15) is 0 Å². The first-order valence-electron chi connectivity index (χ1n) is 11.9. The lowest BCUT2D eigenvalue weighted by Gasteiger charge is -2.06. The number of aliphatic imine (C=N–C) groups is 1. The van der Waals surface area contributed by atoms with Crippen LogP contribution < -0.4 is 0 Å². The van der Waals surface area contributed by atoms with Crippen molar-refractivity contribution in [2.45, 2.75) is 129 Å². The minimum absolute atomic E-state index is 0.900. The van der Waals surface area contributed by atoms with Crippen molar-refractivity contribution in [2.24, 2.45) is 4.99 Å². The highest BCUT2D eigenvalue weighted by atomic mass is 33.1. The van der Waals surface area contributed by atoms with Crippen LogP contribution in [0.5, 0.6) is 0 Å². The summed E-state index contributed by atoms with van der Waals surface area (Å²) in [5, 5.41) is 1.21. The molecule has 1 rings (SSSR count). The van der Waals surface area contributed by atoms with Gasteiger partial charge in [-0.3, -0.25) is 4.99 Å². The molecule has 0 unspecified atom stereocenters. The van der Waals surface area contributed by atoms with Crippen molar-refractivity contribution in [3.63, 3.8) is 0 Å². The van der Waals surface area contributed by atoms with Crippen LogP contribution in [0, 0.1) is 0 Å². The topological polar surface area (TPSA) is 12.4 Å². The van der Waals surface area contributed by atoms with Crippen molar-refractivity contribution in [1.82, 2.24) is 0 Å². The van der Waals surface area contributed by atoms with Crippen LogP contribution in [0.15, 0.2) is 4.99 Å². The van der Waals surface area contributed by atoms with Crippen molar-refractivity contribution in [3.05, 3.63) is 0 Å². The number of nitrogens with zero attached hydrogens (tertiary/aromatic N) is 1. The van der Waals surface area contributed by atoms with E-state index in [2.05, 4.69) is 11.9 Å². The van der Waals surface area contributed by atoms with Gasteiger partial charge >= 0.3 is 0 Å². The zero-order chi connectivity index (χ0) is 19.6. The molecule has 0 aromatic rings. The lowest BCUT2D eigenvalue weighted by atomic mass is 10.0. The highest BCUT2D eigenvalue weighted by molar-refractivity contribution is 8.63. The Kier molecular flexibility index (Phi) is 16.4. The van der Waals surface area contributed by atoms with Crippen LogP contribution in [0.4, 0.5) is 0 Å². The highest BCUT2D eigenvalue weighted by Crippen LogP contribution is 2.16. The van der Waals surface area contributed by atoms with Gasteiger partial charge in [-0.25, -0.2) is 0 Å². The first kappa shape index (κ1) is 25.5. The summed E-state index contributed by atoms with van der Waals surface area (Å²) in [6.45, 7) is 3.19. The van der Waals surface area contributed by atoms with Gasteiger partial charge in [0, 0.05) is 12.3 Å². The Balaban J connectivity index is 1.72. The molecular weight excluding hydrogens is 386 g/mol. The molecule has 0 aromatic carbocycles. The van der Waals surface area contributed by atoms with E-state index in [-0.39, 0.29) is 0 Å². The fourth-order valence-electron chi connectivity index (χ4n) is 3.92. The van der Waals surface area contributed by atoms with E-state index in [4.69, 9.17) is 22.4 Å². The van der Waals surface area contributed by atoms with Gasteiger partial charge in [0.15, 0.2) is 0 Å². The Labute approximate surface area is 180 Å². The number of hydrogen-bond donors (Lipinski definition) is 0. The standard InChI is InChI=1S/C23H45NS3/c1-2-3-4-5-6-7-8-9-10-11-12-13-14-15-16-17-18-19-20-23-24-21-22-27(23,25)26/h2-22H2,1H3. The lowest BCUT2D eigenvalue weighted by Crippen LogP contribution is -2.09. The molecule has 1 aliphatic rings. The SMILES string of the molecule is CCCCCCCCCCCCCCCCCCCCC1=NCCS1(=S)=S. The van der Waals surface area contributed by atoms with Gasteiger partial charge in [-0.05, 0) is 42.4 Å². The molecule has 1 aliphatic heterocycles. The maximum atomic E-state index is 5.52. The molecule has 27 heavy (non-hydrogen) atoms. The van der Waals surface area contributed by atoms with E-state index in [1.807, 2.05) is 0 Å². The van der Waals surface area contributed by atoms with Gasteiger partial charge in [0.1, 0.15) is 0 Å². The average molecular weight is 432 g/mol. The summed E-state index contributed by atoms with van der Waals surface area (Å²) >= 11 is 11.0. The Morgan fingerprint density at radius 2 is 1.00 bits per heavy atom. The van der Waals surface area contributed by atoms with Crippen molar-refractivity contribution in [2.75, 3.05) is 12.3 Å². The van der Waals surface area contributed by atoms with Crippen LogP contribution in [-0.4, -0.2) is 17.3 Å². The molecule has 1 heterocycles. The van der Waals surface area contributed by atoms with E-state index >= 15 is 0 Å². The van der Waals surface area contributed by atoms with E-state index in [0.717, 1.165) is 18.7 Å². The normalized spacial score (nSPS) is 16.0. The second-order valence-electron chi connectivity index (χ2n) is 8.35. The summed E-state index contributed by atoms with van der Waals surface area (Å²) in [4.78, 5) is 4.55. The van der Waals surface area contributed by atoms with Crippen LogP contribution in [0.2, 0.25) is 0 Å². The van der Waals surface area contributed by atoms with Crippen LogP contribution in [0.3, 0.4) is 0 Å². The molecule has 0 amide bonds. The third-order valence-corrected chi connectivity index (χ3v) is 9.68. The van der Waals surface area contributed by atoms with Crippen molar-refractivity contribution >= 4 is 34.6 Å². The van der Waals surface area contributed by atoms with E-state index in [1.54, 1.807) is 0 Å². The maximum absolute atomic E-state index is 5.52. The van der Waals surface area contributed by atoms with Gasteiger partial charge in [-0.1, -0.05) is 116 Å². The Morgan fingerprint density at radius 1 is 0.630 bits per heavy atom. The average Bonchev–Trinajstić information content (AvgIpc) is 2.99. The molecule has 0 saturated heterocycles. The summed E-state index contributed by atoms with van der Waals surface area (Å²) in [6, 6.07) is 0. The first-order chi connectivity index (χ1) is 13.2. The Morgan fingerprint density at radius 3 is 1.33 bits per heavy atom. The number of rotatable bonds is 19. The fraction of sp³-hybridized carbons (Fsp3) is 0.957. The molecule has 0 fully saturated rings. The molecule has 0 aliphatic carbocycles. The van der Waals surface area contributed by atoms with Crippen molar-refractivity contribution < 1.29 is 0 Å². The third-order valence-electron chi connectivity index (χ3n) is 5.75. The van der Waals surface area contributed by atoms with E-state index < -0.39 is 7.15 Å². The second kappa shape index (κ2) is 17.3. The van der Waals surface area contributed by atoms with Gasteiger partial charge in [-0.15, -0.1) is 0 Å². The van der Waals surface area contributed by atoms with Crippen molar-refractivity contribution in [1.29, 1.82) is 0 Å². The van der Waals surface area contributed by atoms with E-state index in [0.29, 0.717) is 0 Å². The molecular formula is C23H45NS3. The molecule has 160 valence electrons. The summed E-state index contributed by atoms with van der Waals surface area (Å²) < 4.78 is 0. The third kappa shape index (κ3) is 14.1. The quantitative estimate of drug-likeness (QED) is 0.193. The molecule has 0 saturated carbocycles. The Hall–Kier alpha value is 0.460. The minimum atomic E-state index is -1.29. The number of unbranched alkanes of at least 4 members (excludes halogenated alkanes) is 17. The molecule has 0 bridgehead atoms. The van der Waals surface area contributed by atoms with Crippen LogP contribution >= 0.6 is 0 Å². The molecule has 0 spiro atoms. The molecule has 4 heteroatoms. The molecule has 0 atom stereocenters. The summed E-state index contributed by atoms with van der Waals surface area (Å²) in [5.74, 6) is 0.978. The highest BCUT2D eigenvalue weighted by Gasteiger charge is 2.16. The maximum Gasteiger partial charge on any atom is 0.0758 e. The van der Waals surface area contributed by atoms with Gasteiger partial charge in [0.2, 0.25) is 0 Å². The summed E-state index contributed by atoms with van der Waals surface area (Å²) in [5.41, 5.74) is 0. The lowest BCUT2D eigenvalue weighted by molar-refractivity contribution is 0.526. The smallest absolute Gasteiger partial charge is 0.0758 e. The van der Waals surface area contributed by atoms with Crippen LogP contribution in [-0.2, 0) is 29.5 Å². The summed E-state index contributed by atoms with van der Waals surface area (Å²) in [7, 11) is -1.29. The predicted octanol–water partition coefficient (Wildman–Crippen LogP) is 7.91. The van der Waals surface area contributed by atoms with Gasteiger partial charge in [0.25, 0.3) is 0 Å². The van der Waals surface area contributed by atoms with Gasteiger partial charge in [-0.2, -0.15) is 0 Å². The minimum Gasteiger partial charge on any atom is -0.281 e. The summed E-state index contributed by atoms with van der Waals surface area (Å²) in [6.07, 6.45) is 26.7. The fourth-order valence-corrected chi connectivity index (χ4v) is 6.49. The van der Waals surface area contributed by atoms with E-state index in [1.165, 1.54) is 121 Å².